The Morgan fingerprint density at radius 1 is 1.06 bits per heavy atom. The normalized spacial score (nSPS) is 13.4. The number of aliphatic hydroxyl groups is 1. The molecule has 0 saturated carbocycles. The third-order valence-corrected chi connectivity index (χ3v) is 7.47. The summed E-state index contributed by atoms with van der Waals surface area (Å²) in [6.45, 7) is 10.3. The van der Waals surface area contributed by atoms with Crippen LogP contribution in [0, 0.1) is 25.2 Å². The second-order valence-electron chi connectivity index (χ2n) is 12.0. The van der Waals surface area contributed by atoms with Crippen molar-refractivity contribution < 1.29 is 29.0 Å². The van der Waals surface area contributed by atoms with Crippen LogP contribution in [0.1, 0.15) is 59.1 Å². The molecule has 0 radical (unpaired) electrons. The van der Waals surface area contributed by atoms with Crippen molar-refractivity contribution in [2.75, 3.05) is 6.61 Å². The van der Waals surface area contributed by atoms with Crippen LogP contribution in [0.25, 0.3) is 6.08 Å². The van der Waals surface area contributed by atoms with Crippen LogP contribution in [0.3, 0.4) is 0 Å². The number of carbonyl (C=O) groups excluding carboxylic acids is 4. The second kappa shape index (κ2) is 16.5. The number of amides is 4. The van der Waals surface area contributed by atoms with Crippen molar-refractivity contribution in [3.8, 4) is 11.8 Å². The van der Waals surface area contributed by atoms with Gasteiger partial charge in [-0.15, -0.1) is 11.3 Å². The van der Waals surface area contributed by atoms with E-state index >= 15 is 0 Å². The van der Waals surface area contributed by atoms with Gasteiger partial charge in [0.1, 0.15) is 41.0 Å². The van der Waals surface area contributed by atoms with Crippen LogP contribution in [-0.2, 0) is 20.9 Å². The van der Waals surface area contributed by atoms with Crippen molar-refractivity contribution in [1.29, 1.82) is 5.26 Å². The molecule has 0 saturated heterocycles. The Balaban J connectivity index is 1.79. The summed E-state index contributed by atoms with van der Waals surface area (Å²) < 4.78 is 5.90. The first kappa shape index (κ1) is 36.4. The minimum atomic E-state index is -1.38. The van der Waals surface area contributed by atoms with Gasteiger partial charge in [0.25, 0.3) is 11.8 Å². The Kier molecular flexibility index (Phi) is 12.8. The van der Waals surface area contributed by atoms with Crippen LogP contribution in [-0.4, -0.2) is 64.1 Å². The van der Waals surface area contributed by atoms with Crippen LogP contribution >= 0.6 is 11.3 Å². The van der Waals surface area contributed by atoms with Crippen molar-refractivity contribution in [3.05, 3.63) is 86.9 Å². The summed E-state index contributed by atoms with van der Waals surface area (Å²) >= 11 is 1.14. The van der Waals surface area contributed by atoms with Gasteiger partial charge < -0.3 is 31.1 Å². The van der Waals surface area contributed by atoms with Crippen molar-refractivity contribution in [2.24, 2.45) is 0 Å². The van der Waals surface area contributed by atoms with Gasteiger partial charge in [-0.2, -0.15) is 5.26 Å². The van der Waals surface area contributed by atoms with Crippen LogP contribution in [0.5, 0.6) is 5.75 Å². The Hall–Kier alpha value is -5.06. The number of hydrogen-bond donors (Lipinski definition) is 5. The predicted molar refractivity (Wildman–Crippen MR) is 178 cm³/mol. The molecule has 13 heteroatoms. The Morgan fingerprint density at radius 2 is 1.77 bits per heavy atom. The van der Waals surface area contributed by atoms with Gasteiger partial charge in [-0.25, -0.2) is 4.98 Å². The van der Waals surface area contributed by atoms with Crippen LogP contribution < -0.4 is 26.0 Å². The van der Waals surface area contributed by atoms with E-state index in [-0.39, 0.29) is 23.6 Å². The SMILES string of the molecule is Cc1ccc(CNC(=O)C(COc2cccc(C=C(C#N)C(=O)NC(C)(C)C)c2)NC(=O)C(NC(=O)c2cnc(C)s2)C(C)O)cc1. The van der Waals surface area contributed by atoms with E-state index in [4.69, 9.17) is 4.74 Å². The molecule has 0 aliphatic heterocycles. The highest BCUT2D eigenvalue weighted by Gasteiger charge is 2.31. The molecule has 248 valence electrons. The molecule has 3 aromatic rings. The number of ether oxygens (including phenoxy) is 1. The van der Waals surface area contributed by atoms with Gasteiger partial charge in [0.15, 0.2) is 0 Å². The molecule has 0 aliphatic rings. The molecular weight excluding hydrogens is 620 g/mol. The third-order valence-electron chi connectivity index (χ3n) is 6.56. The Morgan fingerprint density at radius 3 is 2.36 bits per heavy atom. The summed E-state index contributed by atoms with van der Waals surface area (Å²) in [5, 5.41) is 31.2. The molecular formula is C34H40N6O6S. The molecule has 2 aromatic carbocycles. The van der Waals surface area contributed by atoms with E-state index in [0.717, 1.165) is 22.5 Å². The molecule has 47 heavy (non-hydrogen) atoms. The lowest BCUT2D eigenvalue weighted by Gasteiger charge is -2.24. The number of aromatic nitrogens is 1. The average molecular weight is 661 g/mol. The number of thiazole rings is 1. The van der Waals surface area contributed by atoms with Crippen molar-refractivity contribution >= 4 is 41.0 Å². The minimum absolute atomic E-state index is 0.0996. The summed E-state index contributed by atoms with van der Waals surface area (Å²) in [4.78, 5) is 56.3. The number of nitrogens with one attached hydrogen (secondary N) is 4. The number of nitrogens with zero attached hydrogens (tertiary/aromatic N) is 2. The summed E-state index contributed by atoms with van der Waals surface area (Å²) in [7, 11) is 0. The smallest absolute Gasteiger partial charge is 0.263 e. The van der Waals surface area contributed by atoms with Crippen LogP contribution in [0.15, 0.2) is 60.3 Å². The number of nitriles is 1. The summed E-state index contributed by atoms with van der Waals surface area (Å²) in [5.41, 5.74) is 1.77. The molecule has 12 nitrogen and oxygen atoms in total. The second-order valence-corrected chi connectivity index (χ2v) is 13.2. The third kappa shape index (κ3) is 11.7. The lowest BCUT2D eigenvalue weighted by atomic mass is 10.1. The van der Waals surface area contributed by atoms with Gasteiger partial charge in [-0.1, -0.05) is 42.0 Å². The molecule has 0 fully saturated rings. The Bertz CT molecular complexity index is 1650. The fraction of sp³-hybridized carbons (Fsp3) is 0.353. The predicted octanol–water partition coefficient (Wildman–Crippen LogP) is 2.94. The fourth-order valence-corrected chi connectivity index (χ4v) is 4.82. The molecule has 0 bridgehead atoms. The van der Waals surface area contributed by atoms with Crippen LogP contribution in [0.4, 0.5) is 0 Å². The number of rotatable bonds is 13. The average Bonchev–Trinajstić information content (AvgIpc) is 3.45. The van der Waals surface area contributed by atoms with Crippen molar-refractivity contribution in [2.45, 2.75) is 71.8 Å². The maximum Gasteiger partial charge on any atom is 0.263 e. The molecule has 3 rings (SSSR count). The number of hydrogen-bond acceptors (Lipinski definition) is 9. The highest BCUT2D eigenvalue weighted by Crippen LogP contribution is 2.17. The number of aryl methyl sites for hydroxylation is 2. The first-order valence-corrected chi connectivity index (χ1v) is 15.7. The zero-order chi connectivity index (χ0) is 34.7. The topological polar surface area (TPSA) is 183 Å². The zero-order valence-electron chi connectivity index (χ0n) is 27.2. The molecule has 3 unspecified atom stereocenters. The largest absolute Gasteiger partial charge is 0.491 e. The quantitative estimate of drug-likeness (QED) is 0.137. The summed E-state index contributed by atoms with van der Waals surface area (Å²) in [5.74, 6) is -2.17. The highest BCUT2D eigenvalue weighted by atomic mass is 32.1. The van der Waals surface area contributed by atoms with E-state index in [1.807, 2.05) is 37.3 Å². The monoisotopic (exact) mass is 660 g/mol. The first-order chi connectivity index (χ1) is 22.1. The van der Waals surface area contributed by atoms with E-state index < -0.39 is 47.4 Å². The van der Waals surface area contributed by atoms with E-state index in [0.29, 0.717) is 16.3 Å². The standard InChI is InChI=1S/C34H40N6O6S/c1-20-10-12-23(13-11-20)17-37-31(43)27(38-33(45)29(21(2)41)39-32(44)28-18-36-22(3)47-28)19-46-26-9-7-8-24(15-26)14-25(16-35)30(42)40-34(4,5)6/h7-15,18,21,27,29,41H,17,19H2,1-6H3,(H,37,43)(H,38,45)(H,39,44)(H,40,42). The van der Waals surface area contributed by atoms with E-state index in [9.17, 15) is 29.5 Å². The minimum Gasteiger partial charge on any atom is -0.491 e. The summed E-state index contributed by atoms with van der Waals surface area (Å²) in [6.07, 6.45) is 1.50. The molecule has 3 atom stereocenters. The first-order valence-electron chi connectivity index (χ1n) is 14.9. The van der Waals surface area contributed by atoms with Gasteiger partial charge in [0.2, 0.25) is 11.8 Å². The number of aliphatic hydroxyl groups excluding tert-OH is 1. The van der Waals surface area contributed by atoms with Crippen molar-refractivity contribution in [1.82, 2.24) is 26.3 Å². The van der Waals surface area contributed by atoms with Gasteiger partial charge in [-0.3, -0.25) is 19.2 Å². The molecule has 1 aromatic heterocycles. The van der Waals surface area contributed by atoms with Gasteiger partial charge in [-0.05, 0) is 70.9 Å². The van der Waals surface area contributed by atoms with E-state index in [2.05, 4.69) is 26.3 Å². The van der Waals surface area contributed by atoms with Gasteiger partial charge >= 0.3 is 0 Å². The van der Waals surface area contributed by atoms with Gasteiger partial charge in [0.05, 0.1) is 17.3 Å². The Labute approximate surface area is 278 Å². The van der Waals surface area contributed by atoms with Crippen LogP contribution in [0.2, 0.25) is 0 Å². The highest BCUT2D eigenvalue weighted by molar-refractivity contribution is 7.13. The van der Waals surface area contributed by atoms with Crippen molar-refractivity contribution in [3.63, 3.8) is 0 Å². The molecule has 0 spiro atoms. The van der Waals surface area contributed by atoms with E-state index in [1.54, 1.807) is 52.0 Å². The number of benzene rings is 2. The molecule has 0 aliphatic carbocycles. The molecule has 5 N–H and O–H groups in total. The lowest BCUT2D eigenvalue weighted by molar-refractivity contribution is -0.132. The summed E-state index contributed by atoms with van der Waals surface area (Å²) in [6, 6.07) is 13.4. The molecule has 4 amide bonds. The maximum atomic E-state index is 13.4. The fourth-order valence-electron chi connectivity index (χ4n) is 4.14. The van der Waals surface area contributed by atoms with Gasteiger partial charge in [0, 0.05) is 12.1 Å². The number of carbonyl (C=O) groups is 4. The molecule has 1 heterocycles. The lowest BCUT2D eigenvalue weighted by Crippen LogP contribution is -2.58. The van der Waals surface area contributed by atoms with E-state index in [1.165, 1.54) is 19.2 Å². The zero-order valence-corrected chi connectivity index (χ0v) is 28.0. The maximum absolute atomic E-state index is 13.4.